The van der Waals surface area contributed by atoms with Crippen molar-refractivity contribution in [2.45, 2.75) is 58.3 Å². The second-order valence-electron chi connectivity index (χ2n) is 7.10. The lowest BCUT2D eigenvalue weighted by Gasteiger charge is -2.37. The maximum atomic E-state index is 5.97. The molecule has 1 aromatic rings. The van der Waals surface area contributed by atoms with E-state index >= 15 is 0 Å². The Kier molecular flexibility index (Phi) is 4.08. The summed E-state index contributed by atoms with van der Waals surface area (Å²) in [4.78, 5) is 0. The molecule has 0 saturated carbocycles. The molecule has 0 aromatic heterocycles. The molecule has 1 aromatic carbocycles. The Morgan fingerprint density at radius 1 is 1.20 bits per heavy atom. The Bertz CT molecular complexity index is 477. The van der Waals surface area contributed by atoms with E-state index in [1.165, 1.54) is 11.1 Å². The molecule has 1 heterocycles. The first-order valence-electron chi connectivity index (χ1n) is 7.26. The summed E-state index contributed by atoms with van der Waals surface area (Å²) >= 11 is 0. The molecule has 20 heavy (non-hydrogen) atoms. The molecule has 2 nitrogen and oxygen atoms in total. The van der Waals surface area contributed by atoms with Gasteiger partial charge in [0.1, 0.15) is 0 Å². The van der Waals surface area contributed by atoms with Crippen LogP contribution in [0.15, 0.2) is 36.4 Å². The molecule has 0 N–H and O–H groups in total. The number of hydrogen-bond donors (Lipinski definition) is 0. The lowest BCUT2D eigenvalue weighted by atomic mass is 9.86. The zero-order valence-electron chi connectivity index (χ0n) is 13.3. The monoisotopic (exact) mass is 274 g/mol. The molecule has 1 aliphatic rings. The Labute approximate surface area is 122 Å². The molecular formula is C18H26O2. The molecule has 2 rings (SSSR count). The van der Waals surface area contributed by atoms with Crippen LogP contribution >= 0.6 is 0 Å². The molecule has 1 atom stereocenters. The van der Waals surface area contributed by atoms with Gasteiger partial charge in [0, 0.05) is 6.42 Å². The predicted molar refractivity (Wildman–Crippen MR) is 82.9 cm³/mol. The highest BCUT2D eigenvalue weighted by atomic mass is 16.7. The smallest absolute Gasteiger partial charge is 0.164 e. The van der Waals surface area contributed by atoms with Crippen molar-refractivity contribution in [2.75, 3.05) is 6.61 Å². The highest BCUT2D eigenvalue weighted by Crippen LogP contribution is 2.28. The second-order valence-corrected chi connectivity index (χ2v) is 7.10. The van der Waals surface area contributed by atoms with Gasteiger partial charge in [-0.3, -0.25) is 0 Å². The first-order valence-corrected chi connectivity index (χ1v) is 7.26. The molecule has 1 unspecified atom stereocenters. The molecule has 0 radical (unpaired) electrons. The molecule has 1 aliphatic heterocycles. The fourth-order valence-electron chi connectivity index (χ4n) is 2.36. The average Bonchev–Trinajstić information content (AvgIpc) is 2.33. The van der Waals surface area contributed by atoms with Crippen molar-refractivity contribution in [1.82, 2.24) is 0 Å². The minimum absolute atomic E-state index is 0.0410. The van der Waals surface area contributed by atoms with Crippen LogP contribution in [0.4, 0.5) is 0 Å². The molecule has 0 aliphatic carbocycles. The van der Waals surface area contributed by atoms with Crippen molar-refractivity contribution in [2.24, 2.45) is 0 Å². The Balaban J connectivity index is 2.08. The zero-order valence-corrected chi connectivity index (χ0v) is 13.3. The van der Waals surface area contributed by atoms with E-state index in [1.807, 2.05) is 13.8 Å². The van der Waals surface area contributed by atoms with E-state index in [-0.39, 0.29) is 11.5 Å². The molecule has 0 bridgehead atoms. The fraction of sp³-hybridized carbons (Fsp3) is 0.556. The van der Waals surface area contributed by atoms with Crippen LogP contribution in [0, 0.1) is 0 Å². The standard InChI is InChI=1S/C18H26O2/c1-13-12-19-18(5,6)20-16(13)11-14-7-9-15(10-8-14)17(2,3)4/h7-10,16H,1,11-12H2,2-6H3. The van der Waals surface area contributed by atoms with Crippen LogP contribution in [-0.2, 0) is 21.3 Å². The van der Waals surface area contributed by atoms with Gasteiger partial charge < -0.3 is 9.47 Å². The van der Waals surface area contributed by atoms with Crippen LogP contribution in [-0.4, -0.2) is 18.5 Å². The van der Waals surface area contributed by atoms with Gasteiger partial charge in [0.25, 0.3) is 0 Å². The predicted octanol–water partition coefficient (Wildman–Crippen LogP) is 4.23. The van der Waals surface area contributed by atoms with Gasteiger partial charge in [0.2, 0.25) is 0 Å². The number of hydrogen-bond acceptors (Lipinski definition) is 2. The third kappa shape index (κ3) is 3.71. The van der Waals surface area contributed by atoms with Crippen molar-refractivity contribution in [3.05, 3.63) is 47.5 Å². The molecular weight excluding hydrogens is 248 g/mol. The molecule has 110 valence electrons. The lowest BCUT2D eigenvalue weighted by Crippen LogP contribution is -2.42. The summed E-state index contributed by atoms with van der Waals surface area (Å²) in [6.45, 7) is 15.2. The minimum Gasteiger partial charge on any atom is -0.346 e. The Morgan fingerprint density at radius 3 is 2.35 bits per heavy atom. The van der Waals surface area contributed by atoms with E-state index < -0.39 is 5.79 Å². The quantitative estimate of drug-likeness (QED) is 0.751. The maximum absolute atomic E-state index is 5.97. The molecule has 0 amide bonds. The van der Waals surface area contributed by atoms with Crippen molar-refractivity contribution in [3.63, 3.8) is 0 Å². The summed E-state index contributed by atoms with van der Waals surface area (Å²) in [5.41, 5.74) is 3.85. The lowest BCUT2D eigenvalue weighted by molar-refractivity contribution is -0.251. The van der Waals surface area contributed by atoms with Crippen molar-refractivity contribution >= 4 is 0 Å². The van der Waals surface area contributed by atoms with Crippen molar-refractivity contribution < 1.29 is 9.47 Å². The SMILES string of the molecule is C=C1COC(C)(C)OC1Cc1ccc(C(C)(C)C)cc1. The van der Waals surface area contributed by atoms with Crippen LogP contribution in [0.5, 0.6) is 0 Å². The second kappa shape index (κ2) is 5.34. The van der Waals surface area contributed by atoms with Crippen LogP contribution in [0.25, 0.3) is 0 Å². The number of rotatable bonds is 2. The van der Waals surface area contributed by atoms with E-state index in [0.29, 0.717) is 6.61 Å². The maximum Gasteiger partial charge on any atom is 0.164 e. The average molecular weight is 274 g/mol. The summed E-state index contributed by atoms with van der Waals surface area (Å²) in [6, 6.07) is 8.81. The van der Waals surface area contributed by atoms with E-state index in [2.05, 4.69) is 51.6 Å². The molecule has 0 spiro atoms. The summed E-state index contributed by atoms with van der Waals surface area (Å²) < 4.78 is 11.6. The summed E-state index contributed by atoms with van der Waals surface area (Å²) in [5.74, 6) is -0.517. The summed E-state index contributed by atoms with van der Waals surface area (Å²) in [7, 11) is 0. The Hall–Kier alpha value is -1.12. The zero-order chi connectivity index (χ0) is 15.0. The van der Waals surface area contributed by atoms with Gasteiger partial charge in [0.05, 0.1) is 12.7 Å². The molecule has 1 saturated heterocycles. The van der Waals surface area contributed by atoms with Gasteiger partial charge in [0.15, 0.2) is 5.79 Å². The minimum atomic E-state index is -0.517. The van der Waals surface area contributed by atoms with Crippen molar-refractivity contribution in [1.29, 1.82) is 0 Å². The van der Waals surface area contributed by atoms with Crippen LogP contribution in [0.1, 0.15) is 45.7 Å². The molecule has 2 heteroatoms. The van der Waals surface area contributed by atoms with Gasteiger partial charge in [-0.1, -0.05) is 51.6 Å². The number of benzene rings is 1. The van der Waals surface area contributed by atoms with E-state index in [4.69, 9.17) is 9.47 Å². The van der Waals surface area contributed by atoms with E-state index in [0.717, 1.165) is 12.0 Å². The third-order valence-electron chi connectivity index (χ3n) is 3.73. The van der Waals surface area contributed by atoms with Gasteiger partial charge in [-0.25, -0.2) is 0 Å². The van der Waals surface area contributed by atoms with Gasteiger partial charge in [-0.15, -0.1) is 0 Å². The van der Waals surface area contributed by atoms with Gasteiger partial charge in [-0.2, -0.15) is 0 Å². The van der Waals surface area contributed by atoms with Gasteiger partial charge >= 0.3 is 0 Å². The summed E-state index contributed by atoms with van der Waals surface area (Å²) in [5, 5.41) is 0. The summed E-state index contributed by atoms with van der Waals surface area (Å²) in [6.07, 6.45) is 0.898. The fourth-order valence-corrected chi connectivity index (χ4v) is 2.36. The molecule has 1 fully saturated rings. The van der Waals surface area contributed by atoms with Crippen LogP contribution < -0.4 is 0 Å². The number of ether oxygens (including phenoxy) is 2. The van der Waals surface area contributed by atoms with Crippen LogP contribution in [0.2, 0.25) is 0 Å². The van der Waals surface area contributed by atoms with E-state index in [1.54, 1.807) is 0 Å². The largest absolute Gasteiger partial charge is 0.346 e. The van der Waals surface area contributed by atoms with Gasteiger partial charge in [-0.05, 0) is 36.0 Å². The van der Waals surface area contributed by atoms with Crippen molar-refractivity contribution in [3.8, 4) is 0 Å². The topological polar surface area (TPSA) is 18.5 Å². The third-order valence-corrected chi connectivity index (χ3v) is 3.73. The Morgan fingerprint density at radius 2 is 1.80 bits per heavy atom. The highest BCUT2D eigenvalue weighted by molar-refractivity contribution is 5.29. The highest BCUT2D eigenvalue weighted by Gasteiger charge is 2.31. The normalized spacial score (nSPS) is 22.9. The first kappa shape index (κ1) is 15.3. The van der Waals surface area contributed by atoms with Crippen LogP contribution in [0.3, 0.4) is 0 Å². The van der Waals surface area contributed by atoms with E-state index in [9.17, 15) is 0 Å². The first-order chi connectivity index (χ1) is 9.17.